The second-order valence-corrected chi connectivity index (χ2v) is 15.5. The van der Waals surface area contributed by atoms with Crippen LogP contribution in [0, 0.1) is 0 Å². The lowest BCUT2D eigenvalue weighted by atomic mass is 9.65. The molecule has 1 unspecified atom stereocenters. The number of hydrogen-bond donors (Lipinski definition) is 0. The Kier molecular flexibility index (Phi) is 8.87. The smallest absolute Gasteiger partial charge is 0.161 e. The van der Waals surface area contributed by atoms with Crippen LogP contribution in [-0.4, -0.2) is 18.4 Å². The van der Waals surface area contributed by atoms with E-state index >= 15 is 0 Å². The van der Waals surface area contributed by atoms with Crippen LogP contribution in [0.2, 0.25) is 0 Å². The molecule has 0 N–H and O–H groups in total. The van der Waals surface area contributed by atoms with Crippen molar-refractivity contribution in [2.24, 2.45) is 15.0 Å². The van der Waals surface area contributed by atoms with Gasteiger partial charge in [-0.3, -0.25) is 4.99 Å². The lowest BCUT2D eigenvalue weighted by Crippen LogP contribution is -2.29. The first-order chi connectivity index (χ1) is 27.7. The zero-order valence-corrected chi connectivity index (χ0v) is 31.8. The van der Waals surface area contributed by atoms with Crippen LogP contribution in [0.4, 0.5) is 0 Å². The summed E-state index contributed by atoms with van der Waals surface area (Å²) in [5, 5.41) is 0. The van der Waals surface area contributed by atoms with E-state index in [1.807, 2.05) is 30.3 Å². The fraction of sp³-hybridized carbons (Fsp3) is 0.189. The monoisotopic (exact) mass is 723 g/mol. The van der Waals surface area contributed by atoms with Crippen LogP contribution in [-0.2, 0) is 12.0 Å². The Morgan fingerprint density at radius 2 is 1.36 bits per heavy atom. The maximum atomic E-state index is 5.10. The van der Waals surface area contributed by atoms with Crippen molar-refractivity contribution < 1.29 is 0 Å². The molecule has 0 bridgehead atoms. The zero-order valence-electron chi connectivity index (χ0n) is 31.8. The van der Waals surface area contributed by atoms with Gasteiger partial charge in [0.2, 0.25) is 0 Å². The fourth-order valence-corrected chi connectivity index (χ4v) is 10.0. The molecule has 0 aliphatic heterocycles. The Hall–Kier alpha value is -6.19. The molecule has 0 saturated carbocycles. The van der Waals surface area contributed by atoms with Gasteiger partial charge in [0, 0.05) is 11.1 Å². The summed E-state index contributed by atoms with van der Waals surface area (Å²) in [4.78, 5) is 14.4. The highest BCUT2D eigenvalue weighted by Crippen LogP contribution is 2.67. The lowest BCUT2D eigenvalue weighted by molar-refractivity contribution is 0.640. The third kappa shape index (κ3) is 5.68. The Bertz CT molecular complexity index is 2620. The van der Waals surface area contributed by atoms with E-state index in [0.29, 0.717) is 18.2 Å². The topological polar surface area (TPSA) is 37.1 Å². The van der Waals surface area contributed by atoms with Gasteiger partial charge in [0.25, 0.3) is 0 Å². The predicted octanol–water partition coefficient (Wildman–Crippen LogP) is 13.1. The number of benzene rings is 5. The average Bonchev–Trinajstić information content (AvgIpc) is 3.75. The Balaban J connectivity index is 1.05. The SMILES string of the molecule is C=N/C(=N\C(=N/Cc1cccc(-c2cccc(-c3cccc4c3C3(C5=CCCC=C54)C4=C(CCCC4)c4ccccc43)c2)c1)C1=CCCC=C1)c1ccccc1. The van der Waals surface area contributed by atoms with Gasteiger partial charge in [-0.15, -0.1) is 0 Å². The van der Waals surface area contributed by atoms with Crippen LogP contribution < -0.4 is 0 Å². The molecule has 0 aromatic heterocycles. The molecule has 10 rings (SSSR count). The maximum Gasteiger partial charge on any atom is 0.161 e. The first-order valence-corrected chi connectivity index (χ1v) is 20.3. The van der Waals surface area contributed by atoms with E-state index in [1.54, 1.807) is 11.1 Å². The highest BCUT2D eigenvalue weighted by molar-refractivity contribution is 6.13. The van der Waals surface area contributed by atoms with Crippen LogP contribution in [0.25, 0.3) is 33.4 Å². The van der Waals surface area contributed by atoms with Crippen molar-refractivity contribution in [2.45, 2.75) is 63.3 Å². The van der Waals surface area contributed by atoms with Crippen molar-refractivity contribution in [2.75, 3.05) is 0 Å². The molecule has 0 fully saturated rings. The van der Waals surface area contributed by atoms with E-state index in [0.717, 1.165) is 48.8 Å². The van der Waals surface area contributed by atoms with Gasteiger partial charge in [-0.2, -0.15) is 0 Å². The summed E-state index contributed by atoms with van der Waals surface area (Å²) >= 11 is 0. The van der Waals surface area contributed by atoms with Crippen molar-refractivity contribution in [1.29, 1.82) is 0 Å². The molecule has 5 aliphatic rings. The van der Waals surface area contributed by atoms with Crippen molar-refractivity contribution in [3.8, 4) is 22.3 Å². The summed E-state index contributed by atoms with van der Waals surface area (Å²) < 4.78 is 0. The van der Waals surface area contributed by atoms with E-state index in [1.165, 1.54) is 74.9 Å². The predicted molar refractivity (Wildman–Crippen MR) is 235 cm³/mol. The molecule has 0 heterocycles. The number of nitrogens with zero attached hydrogens (tertiary/aromatic N) is 3. The molecule has 1 atom stereocenters. The number of hydrogen-bond acceptors (Lipinski definition) is 1. The van der Waals surface area contributed by atoms with Crippen LogP contribution in [0.5, 0.6) is 0 Å². The van der Waals surface area contributed by atoms with Gasteiger partial charge in [-0.1, -0.05) is 140 Å². The molecule has 5 aromatic rings. The molecule has 3 heteroatoms. The summed E-state index contributed by atoms with van der Waals surface area (Å²) in [6.07, 6.45) is 20.7. The molecule has 0 saturated heterocycles. The molecule has 3 nitrogen and oxygen atoms in total. The number of rotatable bonds is 6. The summed E-state index contributed by atoms with van der Waals surface area (Å²) in [6, 6.07) is 44.4. The van der Waals surface area contributed by atoms with Crippen LogP contribution in [0.3, 0.4) is 0 Å². The summed E-state index contributed by atoms with van der Waals surface area (Å²) in [5.74, 6) is 1.26. The minimum atomic E-state index is -0.219. The molecule has 56 heavy (non-hydrogen) atoms. The Morgan fingerprint density at radius 3 is 2.23 bits per heavy atom. The minimum Gasteiger partial charge on any atom is -0.261 e. The average molecular weight is 724 g/mol. The number of fused-ring (bicyclic) bond motifs is 9. The second-order valence-electron chi connectivity index (χ2n) is 15.5. The highest BCUT2D eigenvalue weighted by Gasteiger charge is 2.55. The van der Waals surface area contributed by atoms with Crippen molar-refractivity contribution in [3.63, 3.8) is 0 Å². The van der Waals surface area contributed by atoms with Gasteiger partial charge < -0.3 is 0 Å². The number of allylic oxidation sites excluding steroid dienone is 8. The Labute approximate surface area is 330 Å². The Morgan fingerprint density at radius 1 is 0.625 bits per heavy atom. The highest BCUT2D eigenvalue weighted by atomic mass is 15.0. The number of amidine groups is 2. The van der Waals surface area contributed by atoms with Gasteiger partial charge in [0.15, 0.2) is 11.7 Å². The fourth-order valence-electron chi connectivity index (χ4n) is 10.0. The maximum absolute atomic E-state index is 5.10. The van der Waals surface area contributed by atoms with Gasteiger partial charge in [0.1, 0.15) is 0 Å². The number of aliphatic imine (C=N–C) groups is 3. The van der Waals surface area contributed by atoms with Crippen molar-refractivity contribution >= 4 is 29.5 Å². The van der Waals surface area contributed by atoms with E-state index in [4.69, 9.17) is 9.98 Å². The van der Waals surface area contributed by atoms with Gasteiger partial charge in [-0.05, 0) is 143 Å². The molecule has 1 spiro atoms. The molecule has 0 amide bonds. The van der Waals surface area contributed by atoms with Gasteiger partial charge in [-0.25, -0.2) is 9.98 Å². The molecule has 272 valence electrons. The van der Waals surface area contributed by atoms with Crippen LogP contribution in [0.1, 0.15) is 84.7 Å². The van der Waals surface area contributed by atoms with Crippen molar-refractivity contribution in [1.82, 2.24) is 0 Å². The molecular formula is C53H45N3. The van der Waals surface area contributed by atoms with E-state index in [2.05, 4.69) is 133 Å². The first-order valence-electron chi connectivity index (χ1n) is 20.3. The van der Waals surface area contributed by atoms with Crippen LogP contribution >= 0.6 is 0 Å². The second kappa shape index (κ2) is 14.5. The minimum absolute atomic E-state index is 0.219. The molecule has 5 aliphatic carbocycles. The molecule has 0 radical (unpaired) electrons. The van der Waals surface area contributed by atoms with Crippen molar-refractivity contribution in [3.05, 3.63) is 202 Å². The molecule has 5 aromatic carbocycles. The van der Waals surface area contributed by atoms with E-state index < -0.39 is 0 Å². The lowest BCUT2D eigenvalue weighted by Gasteiger charge is -2.36. The normalized spacial score (nSPS) is 19.8. The quantitative estimate of drug-likeness (QED) is 0.124. The van der Waals surface area contributed by atoms with E-state index in [9.17, 15) is 0 Å². The van der Waals surface area contributed by atoms with E-state index in [-0.39, 0.29) is 5.41 Å². The van der Waals surface area contributed by atoms with Gasteiger partial charge >= 0.3 is 0 Å². The van der Waals surface area contributed by atoms with Gasteiger partial charge in [0.05, 0.1) is 12.0 Å². The van der Waals surface area contributed by atoms with Crippen LogP contribution in [0.15, 0.2) is 183 Å². The summed E-state index contributed by atoms with van der Waals surface area (Å²) in [7, 11) is 0. The first kappa shape index (κ1) is 34.3. The molecular weight excluding hydrogens is 679 g/mol. The third-order valence-electron chi connectivity index (χ3n) is 12.4. The third-order valence-corrected chi connectivity index (χ3v) is 12.4. The largest absolute Gasteiger partial charge is 0.261 e. The summed E-state index contributed by atoms with van der Waals surface area (Å²) in [5.41, 5.74) is 20.0. The summed E-state index contributed by atoms with van der Waals surface area (Å²) in [6.45, 7) is 4.34. The zero-order chi connectivity index (χ0) is 37.5. The standard InChI is InChI=1S/C53H45N3/c1-54-51(37-18-4-2-5-19-37)56-52(38-20-6-3-7-21-38)55-35-36-17-14-22-39(33-36)40-23-15-24-41(34-40)42-28-16-29-46-45-27-10-13-32-49(45)53(50(42)46)47-30-11-8-25-43(47)44-26-9-12-31-48(44)53/h2,4-6,8,11,14-25,27-30,32-34H,1,3,7,9-10,12-13,26,31,35H2/b55-52-,56-51-.